The van der Waals surface area contributed by atoms with Crippen molar-refractivity contribution in [3.05, 3.63) is 52.7 Å². The van der Waals surface area contributed by atoms with E-state index in [0.717, 1.165) is 0 Å². The molecule has 174 valence electrons. The summed E-state index contributed by atoms with van der Waals surface area (Å²) in [5.41, 5.74) is 0.559. The first-order valence-corrected chi connectivity index (χ1v) is 13.2. The second kappa shape index (κ2) is 9.19. The van der Waals surface area contributed by atoms with E-state index in [1.165, 1.54) is 58.4 Å². The van der Waals surface area contributed by atoms with Crippen molar-refractivity contribution in [1.82, 2.24) is 30.4 Å². The van der Waals surface area contributed by atoms with Crippen molar-refractivity contribution >= 4 is 45.2 Å². The summed E-state index contributed by atoms with van der Waals surface area (Å²) in [5, 5.41) is 23.9. The Morgan fingerprint density at radius 3 is 2.73 bits per heavy atom. The number of aryl methyl sites for hydroxylation is 1. The summed E-state index contributed by atoms with van der Waals surface area (Å²) in [4.78, 5) is 26.2. The molecule has 2 atom stereocenters. The molecule has 2 aliphatic rings. The van der Waals surface area contributed by atoms with Crippen molar-refractivity contribution < 1.29 is 23.1 Å². The Kier molecular flexibility index (Phi) is 6.50. The Labute approximate surface area is 198 Å². The third-order valence-corrected chi connectivity index (χ3v) is 9.45. The summed E-state index contributed by atoms with van der Waals surface area (Å²) in [7, 11) is -2.00. The highest BCUT2D eigenvalue weighted by atomic mass is 32.2. The van der Waals surface area contributed by atoms with Crippen LogP contribution in [0.15, 0.2) is 62.8 Å². The van der Waals surface area contributed by atoms with Gasteiger partial charge >= 0.3 is 5.97 Å². The van der Waals surface area contributed by atoms with Crippen molar-refractivity contribution in [3.63, 3.8) is 0 Å². The summed E-state index contributed by atoms with van der Waals surface area (Å²) in [6.07, 6.45) is 1.30. The van der Waals surface area contributed by atoms with Crippen LogP contribution in [0.2, 0.25) is 0 Å². The Balaban J connectivity index is 1.48. The van der Waals surface area contributed by atoms with Crippen molar-refractivity contribution in [2.45, 2.75) is 28.4 Å². The molecule has 1 saturated heterocycles. The van der Waals surface area contributed by atoms with E-state index >= 15 is 0 Å². The molecule has 0 spiro atoms. The number of carboxylic acid groups (broad SMARTS) is 1. The summed E-state index contributed by atoms with van der Waals surface area (Å²) >= 11 is 2.71. The van der Waals surface area contributed by atoms with Crippen LogP contribution in [0.4, 0.5) is 0 Å². The number of benzene rings is 1. The zero-order chi connectivity index (χ0) is 23.8. The van der Waals surface area contributed by atoms with Gasteiger partial charge in [-0.3, -0.25) is 9.69 Å². The van der Waals surface area contributed by atoms with Gasteiger partial charge in [-0.05, 0) is 35.1 Å². The molecule has 33 heavy (non-hydrogen) atoms. The van der Waals surface area contributed by atoms with Crippen molar-refractivity contribution in [2.75, 3.05) is 11.5 Å². The highest BCUT2D eigenvalue weighted by molar-refractivity contribution is 8.01. The Hall–Kier alpha value is -2.84. The molecule has 0 saturated carbocycles. The molecule has 11 nitrogen and oxygen atoms in total. The van der Waals surface area contributed by atoms with Gasteiger partial charge in [0.1, 0.15) is 17.1 Å². The lowest BCUT2D eigenvalue weighted by Gasteiger charge is -2.49. The average Bonchev–Trinajstić information content (AvgIpc) is 3.22. The summed E-state index contributed by atoms with van der Waals surface area (Å²) in [6.45, 7) is 1.45. The number of aromatic nitrogens is 4. The number of fused-ring (bicyclic) bond motifs is 1. The quantitative estimate of drug-likeness (QED) is 0.386. The van der Waals surface area contributed by atoms with E-state index in [1.807, 2.05) is 0 Å². The van der Waals surface area contributed by atoms with Crippen LogP contribution in [-0.4, -0.2) is 73.4 Å². The number of amides is 1. The largest absolute Gasteiger partial charge is 0.477 e. The second-order valence-corrected chi connectivity index (χ2v) is 11.4. The highest BCUT2D eigenvalue weighted by Crippen LogP contribution is 2.41. The number of aliphatic carboxylic acids is 1. The minimum Gasteiger partial charge on any atom is -0.477 e. The Bertz CT molecular complexity index is 1260. The van der Waals surface area contributed by atoms with Gasteiger partial charge in [0.05, 0.1) is 9.80 Å². The van der Waals surface area contributed by atoms with Gasteiger partial charge in [0.15, 0.2) is 0 Å². The average molecular weight is 509 g/mol. The molecule has 0 aliphatic carbocycles. The molecule has 14 heteroatoms. The van der Waals surface area contributed by atoms with Crippen molar-refractivity contribution in [1.29, 1.82) is 0 Å². The van der Waals surface area contributed by atoms with Gasteiger partial charge in [0.2, 0.25) is 15.0 Å². The molecule has 1 amide bonds. The topological polar surface area (TPSA) is 147 Å². The van der Waals surface area contributed by atoms with E-state index in [1.54, 1.807) is 25.2 Å². The zero-order valence-electron chi connectivity index (χ0n) is 17.6. The minimum atomic E-state index is -3.69. The van der Waals surface area contributed by atoms with Gasteiger partial charge in [-0.25, -0.2) is 17.9 Å². The third kappa shape index (κ3) is 4.37. The third-order valence-electron chi connectivity index (χ3n) is 5.15. The number of carbonyl (C=O) groups is 2. The van der Waals surface area contributed by atoms with Gasteiger partial charge in [-0.1, -0.05) is 30.0 Å². The van der Waals surface area contributed by atoms with Gasteiger partial charge in [0, 0.05) is 24.8 Å². The van der Waals surface area contributed by atoms with Crippen molar-refractivity contribution in [2.24, 2.45) is 7.05 Å². The number of carbonyl (C=O) groups excluding carboxylic acids is 1. The molecule has 2 aliphatic heterocycles. The minimum absolute atomic E-state index is 0.0398. The van der Waals surface area contributed by atoms with Gasteiger partial charge in [0.25, 0.3) is 5.91 Å². The highest BCUT2D eigenvalue weighted by Gasteiger charge is 2.53. The first-order chi connectivity index (χ1) is 15.7. The van der Waals surface area contributed by atoms with Crippen LogP contribution < -0.4 is 5.32 Å². The number of β-lactam (4-membered cyclic amide) rings is 1. The van der Waals surface area contributed by atoms with E-state index in [9.17, 15) is 23.1 Å². The molecular formula is C19H20N6O5S3. The van der Waals surface area contributed by atoms with Crippen LogP contribution in [0.1, 0.15) is 6.92 Å². The molecule has 3 heterocycles. The van der Waals surface area contributed by atoms with E-state index in [0.29, 0.717) is 22.2 Å². The first-order valence-electron chi connectivity index (χ1n) is 9.70. The zero-order valence-corrected chi connectivity index (χ0v) is 20.0. The molecular weight excluding hydrogens is 488 g/mol. The van der Waals surface area contributed by atoms with Crippen LogP contribution in [0.25, 0.3) is 0 Å². The predicted octanol–water partition coefficient (Wildman–Crippen LogP) is 0.849. The number of nitrogens with zero attached hydrogens (tertiary/aromatic N) is 5. The monoisotopic (exact) mass is 508 g/mol. The van der Waals surface area contributed by atoms with Crippen LogP contribution in [-0.2, 0) is 26.5 Å². The smallest absolute Gasteiger partial charge is 0.352 e. The molecule has 0 bridgehead atoms. The number of thioether (sulfide) groups is 2. The maximum absolute atomic E-state index is 12.8. The van der Waals surface area contributed by atoms with Crippen molar-refractivity contribution in [3.8, 4) is 0 Å². The number of allylic oxidation sites excluding steroid dienone is 1. The van der Waals surface area contributed by atoms with Gasteiger partial charge < -0.3 is 10.4 Å². The number of nitrogens with one attached hydrogen (secondary N) is 1. The number of hydrogen-bond donors (Lipinski definition) is 2. The van der Waals surface area contributed by atoms with Crippen LogP contribution >= 0.6 is 23.5 Å². The standard InChI is InChI=1S/C19H20N6O5S3/c1-11(33(29,30)13-6-4-3-5-7-13)8-20-14-16(26)25-15(18(27)28)12(9-31-17(14)25)10-32-19-21-22-23-24(19)2/h3-8,14,17,20H,9-10H2,1-2H3,(H,27,28)/t14-,17+/m1/s1. The summed E-state index contributed by atoms with van der Waals surface area (Å²) < 4.78 is 26.8. The molecule has 4 rings (SSSR count). The molecule has 1 fully saturated rings. The van der Waals surface area contributed by atoms with Crippen LogP contribution in [0, 0.1) is 0 Å². The molecule has 1 aromatic heterocycles. The maximum Gasteiger partial charge on any atom is 0.352 e. The lowest BCUT2D eigenvalue weighted by molar-refractivity contribution is -0.148. The number of rotatable bonds is 8. The fraction of sp³-hybridized carbons (Fsp3) is 0.316. The fourth-order valence-corrected chi connectivity index (χ4v) is 6.84. The summed E-state index contributed by atoms with van der Waals surface area (Å²) in [6, 6.07) is 7.28. The van der Waals surface area contributed by atoms with E-state index in [4.69, 9.17) is 0 Å². The predicted molar refractivity (Wildman–Crippen MR) is 122 cm³/mol. The normalized spacial score (nSPS) is 21.0. The van der Waals surface area contributed by atoms with Gasteiger partial charge in [-0.2, -0.15) is 0 Å². The molecule has 0 radical (unpaired) electrons. The number of tetrazole rings is 1. The molecule has 2 aromatic rings. The van der Waals surface area contributed by atoms with E-state index in [-0.39, 0.29) is 15.5 Å². The second-order valence-electron chi connectivity index (χ2n) is 7.26. The maximum atomic E-state index is 12.8. The fourth-order valence-electron chi connectivity index (χ4n) is 3.38. The first kappa shape index (κ1) is 23.3. The summed E-state index contributed by atoms with van der Waals surface area (Å²) in [5.74, 6) is -0.866. The number of sulfone groups is 1. The number of carboxylic acids is 1. The van der Waals surface area contributed by atoms with E-state index < -0.39 is 33.1 Å². The van der Waals surface area contributed by atoms with Crippen LogP contribution in [0.3, 0.4) is 0 Å². The molecule has 0 unspecified atom stereocenters. The number of hydrogen-bond acceptors (Lipinski definition) is 10. The lowest BCUT2D eigenvalue weighted by Crippen LogP contribution is -2.69. The Morgan fingerprint density at radius 2 is 2.09 bits per heavy atom. The Morgan fingerprint density at radius 1 is 1.36 bits per heavy atom. The SMILES string of the molecule is CC(=CN[C@@H]1C(=O)N2C(C(=O)O)=C(CSc3nnnn3C)CS[C@@H]12)S(=O)(=O)c1ccccc1. The van der Waals surface area contributed by atoms with Gasteiger partial charge in [-0.15, -0.1) is 16.9 Å². The molecule has 2 N–H and O–H groups in total. The molecule has 1 aromatic carbocycles. The lowest BCUT2D eigenvalue weighted by atomic mass is 10.0. The van der Waals surface area contributed by atoms with E-state index in [2.05, 4.69) is 20.8 Å². The van der Waals surface area contributed by atoms with Crippen LogP contribution in [0.5, 0.6) is 0 Å².